The standard InChI is InChI=1S/C9H6N2O3/c12-8(9(13)14)6-5-11-4-2-1-3-7(11)10-6/h1-5H,(H,13,14). The molecule has 0 aliphatic rings. The molecule has 0 aliphatic heterocycles. The number of carbonyl (C=O) groups excluding carboxylic acids is 1. The summed E-state index contributed by atoms with van der Waals surface area (Å²) in [4.78, 5) is 25.3. The van der Waals surface area contributed by atoms with Crippen LogP contribution in [0.4, 0.5) is 0 Å². The maximum Gasteiger partial charge on any atom is 0.378 e. The second-order valence-electron chi connectivity index (χ2n) is 2.73. The van der Waals surface area contributed by atoms with Crippen molar-refractivity contribution < 1.29 is 14.7 Å². The van der Waals surface area contributed by atoms with E-state index >= 15 is 0 Å². The Balaban J connectivity index is 2.55. The van der Waals surface area contributed by atoms with E-state index in [0.717, 1.165) is 0 Å². The van der Waals surface area contributed by atoms with Crippen LogP contribution in [0.1, 0.15) is 10.5 Å². The summed E-state index contributed by atoms with van der Waals surface area (Å²) in [5, 5.41) is 8.46. The molecule has 1 N–H and O–H groups in total. The summed E-state index contributed by atoms with van der Waals surface area (Å²) in [6.07, 6.45) is 3.09. The molecule has 0 spiro atoms. The van der Waals surface area contributed by atoms with Crippen molar-refractivity contribution in [3.8, 4) is 0 Å². The van der Waals surface area contributed by atoms with E-state index in [1.54, 1.807) is 28.8 Å². The number of rotatable bonds is 2. The van der Waals surface area contributed by atoms with Crippen molar-refractivity contribution in [2.75, 3.05) is 0 Å². The van der Waals surface area contributed by atoms with Crippen molar-refractivity contribution in [1.29, 1.82) is 0 Å². The van der Waals surface area contributed by atoms with Crippen LogP contribution in [0.3, 0.4) is 0 Å². The second kappa shape index (κ2) is 2.95. The fraction of sp³-hybridized carbons (Fsp3) is 0. The number of ketones is 1. The van der Waals surface area contributed by atoms with Gasteiger partial charge in [-0.25, -0.2) is 9.78 Å². The fourth-order valence-corrected chi connectivity index (χ4v) is 1.15. The summed E-state index contributed by atoms with van der Waals surface area (Å²) >= 11 is 0. The predicted octanol–water partition coefficient (Wildman–Crippen LogP) is 0.602. The van der Waals surface area contributed by atoms with Gasteiger partial charge in [-0.2, -0.15) is 0 Å². The lowest BCUT2D eigenvalue weighted by Crippen LogP contribution is -2.12. The Morgan fingerprint density at radius 2 is 2.14 bits per heavy atom. The van der Waals surface area contributed by atoms with Crippen LogP contribution in [0.25, 0.3) is 5.65 Å². The van der Waals surface area contributed by atoms with Gasteiger partial charge >= 0.3 is 5.97 Å². The molecule has 2 aromatic rings. The smallest absolute Gasteiger partial charge is 0.378 e. The summed E-state index contributed by atoms with van der Waals surface area (Å²) < 4.78 is 1.59. The molecule has 0 radical (unpaired) electrons. The third-order valence-electron chi connectivity index (χ3n) is 1.79. The van der Waals surface area contributed by atoms with Gasteiger partial charge in [-0.1, -0.05) is 6.07 Å². The molecular formula is C9H6N2O3. The lowest BCUT2D eigenvalue weighted by atomic mass is 10.3. The molecule has 0 bridgehead atoms. The third kappa shape index (κ3) is 1.24. The van der Waals surface area contributed by atoms with Crippen LogP contribution in [0, 0.1) is 0 Å². The average Bonchev–Trinajstić information content (AvgIpc) is 2.59. The minimum atomic E-state index is -1.49. The first kappa shape index (κ1) is 8.43. The lowest BCUT2D eigenvalue weighted by molar-refractivity contribution is -0.131. The minimum Gasteiger partial charge on any atom is -0.475 e. The SMILES string of the molecule is O=C(O)C(=O)c1cn2ccccc2n1. The van der Waals surface area contributed by atoms with Crippen molar-refractivity contribution in [2.45, 2.75) is 0 Å². The highest BCUT2D eigenvalue weighted by Gasteiger charge is 2.17. The Bertz CT molecular complexity index is 483. The summed E-state index contributed by atoms with van der Waals surface area (Å²) in [7, 11) is 0. The molecule has 0 saturated heterocycles. The number of carbonyl (C=O) groups is 2. The Hall–Kier alpha value is -2.17. The van der Waals surface area contributed by atoms with E-state index in [2.05, 4.69) is 4.98 Å². The molecule has 70 valence electrons. The molecule has 0 unspecified atom stereocenters. The number of imidazole rings is 1. The Kier molecular flexibility index (Phi) is 1.78. The van der Waals surface area contributed by atoms with Crippen molar-refractivity contribution in [1.82, 2.24) is 9.38 Å². The zero-order valence-electron chi connectivity index (χ0n) is 7.04. The van der Waals surface area contributed by atoms with Crippen LogP contribution < -0.4 is 0 Å². The van der Waals surface area contributed by atoms with Gasteiger partial charge in [-0.3, -0.25) is 4.79 Å². The second-order valence-corrected chi connectivity index (χ2v) is 2.73. The van der Waals surface area contributed by atoms with Crippen molar-refractivity contribution in [3.05, 3.63) is 36.3 Å². The van der Waals surface area contributed by atoms with Gasteiger partial charge < -0.3 is 9.51 Å². The first-order valence-electron chi connectivity index (χ1n) is 3.90. The Morgan fingerprint density at radius 3 is 2.79 bits per heavy atom. The minimum absolute atomic E-state index is 0.0521. The zero-order valence-corrected chi connectivity index (χ0v) is 7.04. The molecule has 2 rings (SSSR count). The van der Waals surface area contributed by atoms with Gasteiger partial charge in [0.2, 0.25) is 0 Å². The number of aromatic nitrogens is 2. The van der Waals surface area contributed by atoms with Crippen LogP contribution in [0.2, 0.25) is 0 Å². The van der Waals surface area contributed by atoms with E-state index in [1.807, 2.05) is 0 Å². The molecule has 5 nitrogen and oxygen atoms in total. The highest BCUT2D eigenvalue weighted by molar-refractivity contribution is 6.39. The number of carboxylic acid groups (broad SMARTS) is 1. The fourth-order valence-electron chi connectivity index (χ4n) is 1.15. The van der Waals surface area contributed by atoms with Crippen LogP contribution in [0.5, 0.6) is 0 Å². The van der Waals surface area contributed by atoms with E-state index in [9.17, 15) is 9.59 Å². The van der Waals surface area contributed by atoms with Crippen molar-refractivity contribution in [3.63, 3.8) is 0 Å². The number of aliphatic carboxylic acids is 1. The van der Waals surface area contributed by atoms with Gasteiger partial charge in [0.25, 0.3) is 5.78 Å². The van der Waals surface area contributed by atoms with Crippen LogP contribution in [-0.2, 0) is 4.79 Å². The van der Waals surface area contributed by atoms with Crippen LogP contribution in [-0.4, -0.2) is 26.2 Å². The van der Waals surface area contributed by atoms with Crippen molar-refractivity contribution in [2.24, 2.45) is 0 Å². The topological polar surface area (TPSA) is 71.7 Å². The largest absolute Gasteiger partial charge is 0.475 e. The van der Waals surface area contributed by atoms with Crippen LogP contribution >= 0.6 is 0 Å². The molecule has 2 aromatic heterocycles. The maximum absolute atomic E-state index is 11.0. The van der Waals surface area contributed by atoms with Gasteiger partial charge in [-0.05, 0) is 12.1 Å². The third-order valence-corrected chi connectivity index (χ3v) is 1.79. The number of carboxylic acids is 1. The van der Waals surface area contributed by atoms with E-state index < -0.39 is 11.8 Å². The highest BCUT2D eigenvalue weighted by atomic mass is 16.4. The molecule has 0 fully saturated rings. The quantitative estimate of drug-likeness (QED) is 0.556. The van der Waals surface area contributed by atoms with Gasteiger partial charge in [0.05, 0.1) is 0 Å². The average molecular weight is 190 g/mol. The van der Waals surface area contributed by atoms with E-state index in [-0.39, 0.29) is 5.69 Å². The normalized spacial score (nSPS) is 10.3. The summed E-state index contributed by atoms with van der Waals surface area (Å²) in [5.74, 6) is -2.48. The molecule has 0 saturated carbocycles. The van der Waals surface area contributed by atoms with Gasteiger partial charge in [-0.15, -0.1) is 0 Å². The van der Waals surface area contributed by atoms with Gasteiger partial charge in [0, 0.05) is 12.4 Å². The summed E-state index contributed by atoms with van der Waals surface area (Å²) in [6.45, 7) is 0. The van der Waals surface area contributed by atoms with Gasteiger partial charge in [0.1, 0.15) is 11.3 Å². The van der Waals surface area contributed by atoms with E-state index in [4.69, 9.17) is 5.11 Å². The number of fused-ring (bicyclic) bond motifs is 1. The maximum atomic E-state index is 11.0. The molecule has 0 aromatic carbocycles. The molecular weight excluding hydrogens is 184 g/mol. The molecule has 0 atom stereocenters. The molecule has 0 aliphatic carbocycles. The summed E-state index contributed by atoms with van der Waals surface area (Å²) in [6, 6.07) is 5.22. The zero-order chi connectivity index (χ0) is 10.1. The molecule has 2 heterocycles. The first-order chi connectivity index (χ1) is 6.68. The number of Topliss-reactive ketones (excluding diaryl/α,β-unsaturated/α-hetero) is 1. The lowest BCUT2D eigenvalue weighted by Gasteiger charge is -1.86. The Morgan fingerprint density at radius 1 is 1.36 bits per heavy atom. The predicted molar refractivity (Wildman–Crippen MR) is 47.2 cm³/mol. The van der Waals surface area contributed by atoms with Crippen LogP contribution in [0.15, 0.2) is 30.6 Å². The number of pyridine rings is 1. The van der Waals surface area contributed by atoms with E-state index in [1.165, 1.54) is 6.20 Å². The monoisotopic (exact) mass is 190 g/mol. The molecule has 5 heteroatoms. The number of hydrogen-bond donors (Lipinski definition) is 1. The van der Waals surface area contributed by atoms with Gasteiger partial charge in [0.15, 0.2) is 0 Å². The van der Waals surface area contributed by atoms with E-state index in [0.29, 0.717) is 5.65 Å². The highest BCUT2D eigenvalue weighted by Crippen LogP contribution is 2.04. The summed E-state index contributed by atoms with van der Waals surface area (Å²) in [5.41, 5.74) is 0.501. The van der Waals surface area contributed by atoms with Crippen molar-refractivity contribution >= 4 is 17.4 Å². The Labute approximate surface area is 78.6 Å². The number of hydrogen-bond acceptors (Lipinski definition) is 3. The number of nitrogens with zero attached hydrogens (tertiary/aromatic N) is 2. The molecule has 0 amide bonds. The molecule has 14 heavy (non-hydrogen) atoms. The first-order valence-corrected chi connectivity index (χ1v) is 3.90.